The van der Waals surface area contributed by atoms with E-state index in [1.165, 1.54) is 12.8 Å². The van der Waals surface area contributed by atoms with Crippen LogP contribution in [0.3, 0.4) is 0 Å². The number of aromatic amines is 1. The largest absolute Gasteiger partial charge is 0.494 e. The smallest absolute Gasteiger partial charge is 0.216 e. The molecule has 1 N–H and O–H groups in total. The lowest BCUT2D eigenvalue weighted by Crippen LogP contribution is -1.97. The summed E-state index contributed by atoms with van der Waals surface area (Å²) in [7, 11) is 0. The van der Waals surface area contributed by atoms with E-state index in [1.807, 2.05) is 41.8 Å². The van der Waals surface area contributed by atoms with Crippen molar-refractivity contribution < 1.29 is 4.74 Å². The molecule has 5 nitrogen and oxygen atoms in total. The molecule has 0 amide bonds. The van der Waals surface area contributed by atoms with E-state index in [9.17, 15) is 0 Å². The van der Waals surface area contributed by atoms with E-state index in [0.29, 0.717) is 10.6 Å². The molecule has 0 saturated carbocycles. The van der Waals surface area contributed by atoms with Crippen LogP contribution in [0.25, 0.3) is 10.7 Å². The van der Waals surface area contributed by atoms with Gasteiger partial charge in [-0.25, -0.2) is 5.10 Å². The molecule has 3 rings (SSSR count). The Hall–Kier alpha value is -2.25. The zero-order chi connectivity index (χ0) is 17.5. The molecule has 2 heterocycles. The molecule has 0 atom stereocenters. The number of unbranched alkanes of at least 4 members (excludes halogenated alkanes) is 2. The lowest BCUT2D eigenvalue weighted by Gasteiger charge is -2.05. The van der Waals surface area contributed by atoms with Crippen LogP contribution in [0.1, 0.15) is 31.7 Å². The van der Waals surface area contributed by atoms with Gasteiger partial charge in [-0.2, -0.15) is 14.9 Å². The van der Waals surface area contributed by atoms with Crippen LogP contribution in [0.4, 0.5) is 0 Å². The molecule has 25 heavy (non-hydrogen) atoms. The first-order valence-electron chi connectivity index (χ1n) is 8.26. The highest BCUT2D eigenvalue weighted by Gasteiger charge is 2.08. The first-order valence-corrected chi connectivity index (χ1v) is 9.55. The van der Waals surface area contributed by atoms with Gasteiger partial charge < -0.3 is 4.74 Å². The Morgan fingerprint density at radius 3 is 2.84 bits per heavy atom. The van der Waals surface area contributed by atoms with Gasteiger partial charge in [-0.1, -0.05) is 25.8 Å². The summed E-state index contributed by atoms with van der Waals surface area (Å²) in [5.74, 6) is 1.60. The van der Waals surface area contributed by atoms with Crippen molar-refractivity contribution in [1.82, 2.24) is 14.9 Å². The Morgan fingerprint density at radius 1 is 1.28 bits per heavy atom. The van der Waals surface area contributed by atoms with Crippen molar-refractivity contribution in [1.29, 1.82) is 0 Å². The van der Waals surface area contributed by atoms with Crippen molar-refractivity contribution in [3.8, 4) is 16.5 Å². The molecule has 3 aromatic rings. The van der Waals surface area contributed by atoms with Crippen LogP contribution in [0.2, 0.25) is 0 Å². The van der Waals surface area contributed by atoms with Crippen molar-refractivity contribution in [3.05, 3.63) is 52.1 Å². The maximum Gasteiger partial charge on any atom is 0.216 e. The Labute approximate surface area is 156 Å². The molecule has 0 fully saturated rings. The van der Waals surface area contributed by atoms with Gasteiger partial charge in [0.15, 0.2) is 5.82 Å². The van der Waals surface area contributed by atoms with Crippen LogP contribution in [0.15, 0.2) is 46.9 Å². The quantitative estimate of drug-likeness (QED) is 0.339. The minimum absolute atomic E-state index is 0.468. The Morgan fingerprint density at radius 2 is 2.12 bits per heavy atom. The Kier molecular flexibility index (Phi) is 6.14. The zero-order valence-corrected chi connectivity index (χ0v) is 15.6. The van der Waals surface area contributed by atoms with Gasteiger partial charge in [-0.15, -0.1) is 11.3 Å². The van der Waals surface area contributed by atoms with E-state index in [2.05, 4.69) is 22.2 Å². The summed E-state index contributed by atoms with van der Waals surface area (Å²) in [5.41, 5.74) is 0.973. The van der Waals surface area contributed by atoms with Crippen molar-refractivity contribution in [2.24, 2.45) is 5.10 Å². The predicted octanol–water partition coefficient (Wildman–Crippen LogP) is 5.12. The molecule has 1 aromatic carbocycles. The first kappa shape index (κ1) is 17.6. The lowest BCUT2D eigenvalue weighted by atomic mass is 10.2. The van der Waals surface area contributed by atoms with Crippen LogP contribution in [-0.2, 0) is 0 Å². The highest BCUT2D eigenvalue weighted by Crippen LogP contribution is 2.22. The summed E-state index contributed by atoms with van der Waals surface area (Å²) in [5, 5.41) is 13.5. The molecule has 7 heteroatoms. The summed E-state index contributed by atoms with van der Waals surface area (Å²) in [4.78, 5) is 1.01. The molecule has 0 unspecified atom stereocenters. The third-order valence-electron chi connectivity index (χ3n) is 3.61. The summed E-state index contributed by atoms with van der Waals surface area (Å²) < 4.78 is 7.82. The Balaban J connectivity index is 1.69. The third-order valence-corrected chi connectivity index (χ3v) is 4.74. The number of nitrogens with zero attached hydrogens (tertiary/aromatic N) is 3. The maximum absolute atomic E-state index is 5.72. The standard InChI is InChI=1S/C18H20N4OS2/c1-2-3-4-11-23-15-9-7-14(8-10-15)13-19-22-17(20-21-18(22)24)16-6-5-12-25-16/h5-10,12-13H,2-4,11H2,1H3,(H,21,24)/b19-13-. The minimum atomic E-state index is 0.468. The number of thiophene rings is 1. The monoisotopic (exact) mass is 372 g/mol. The number of nitrogens with one attached hydrogen (secondary N) is 1. The number of H-pyrrole nitrogens is 1. The predicted molar refractivity (Wildman–Crippen MR) is 105 cm³/mol. The second-order valence-electron chi connectivity index (χ2n) is 5.51. The minimum Gasteiger partial charge on any atom is -0.494 e. The fraction of sp³-hybridized carbons (Fsp3) is 0.278. The second kappa shape index (κ2) is 8.73. The van der Waals surface area contributed by atoms with E-state index in [4.69, 9.17) is 17.0 Å². The number of benzene rings is 1. The van der Waals surface area contributed by atoms with E-state index >= 15 is 0 Å². The maximum atomic E-state index is 5.72. The summed E-state index contributed by atoms with van der Waals surface area (Å²) in [6.45, 7) is 2.94. The van der Waals surface area contributed by atoms with Crippen LogP contribution in [-0.4, -0.2) is 27.7 Å². The van der Waals surface area contributed by atoms with Crippen molar-refractivity contribution in [2.75, 3.05) is 6.61 Å². The van der Waals surface area contributed by atoms with Gasteiger partial charge in [0.25, 0.3) is 0 Å². The number of rotatable bonds is 8. The van der Waals surface area contributed by atoms with Crippen molar-refractivity contribution >= 4 is 29.8 Å². The average Bonchev–Trinajstić information content (AvgIpc) is 3.28. The molecular formula is C18H20N4OS2. The molecule has 0 bridgehead atoms. The van der Waals surface area contributed by atoms with Gasteiger partial charge in [-0.05, 0) is 59.9 Å². The fourth-order valence-corrected chi connectivity index (χ4v) is 3.16. The van der Waals surface area contributed by atoms with E-state index in [-0.39, 0.29) is 0 Å². The van der Waals surface area contributed by atoms with Crippen LogP contribution in [0, 0.1) is 4.77 Å². The third kappa shape index (κ3) is 4.64. The SMILES string of the molecule is CCCCCOc1ccc(/C=N\n2c(-c3cccs3)n[nH]c2=S)cc1. The van der Waals surface area contributed by atoms with Gasteiger partial charge >= 0.3 is 0 Å². The molecule has 130 valence electrons. The van der Waals surface area contributed by atoms with E-state index < -0.39 is 0 Å². The number of ether oxygens (including phenoxy) is 1. The zero-order valence-electron chi connectivity index (χ0n) is 14.0. The number of hydrogen-bond acceptors (Lipinski definition) is 5. The molecule has 0 aliphatic heterocycles. The van der Waals surface area contributed by atoms with Gasteiger partial charge in [0.2, 0.25) is 4.77 Å². The van der Waals surface area contributed by atoms with E-state index in [0.717, 1.165) is 29.2 Å². The summed E-state index contributed by atoms with van der Waals surface area (Å²) in [6, 6.07) is 11.8. The van der Waals surface area contributed by atoms with Gasteiger partial charge in [-0.3, -0.25) is 0 Å². The van der Waals surface area contributed by atoms with Gasteiger partial charge in [0.1, 0.15) is 5.75 Å². The van der Waals surface area contributed by atoms with Gasteiger partial charge in [0, 0.05) is 0 Å². The second-order valence-corrected chi connectivity index (χ2v) is 6.85. The normalized spacial score (nSPS) is 11.2. The molecule has 0 radical (unpaired) electrons. The molecule has 0 saturated heterocycles. The number of aromatic nitrogens is 3. The molecule has 0 spiro atoms. The average molecular weight is 373 g/mol. The van der Waals surface area contributed by atoms with Crippen molar-refractivity contribution in [2.45, 2.75) is 26.2 Å². The lowest BCUT2D eigenvalue weighted by molar-refractivity contribution is 0.306. The van der Waals surface area contributed by atoms with E-state index in [1.54, 1.807) is 22.2 Å². The van der Waals surface area contributed by atoms with Gasteiger partial charge in [0.05, 0.1) is 17.7 Å². The molecule has 2 aromatic heterocycles. The first-order chi connectivity index (χ1) is 12.3. The van der Waals surface area contributed by atoms with Crippen LogP contribution in [0.5, 0.6) is 5.75 Å². The topological polar surface area (TPSA) is 55.2 Å². The van der Waals surface area contributed by atoms with Crippen LogP contribution >= 0.6 is 23.6 Å². The van der Waals surface area contributed by atoms with Crippen LogP contribution < -0.4 is 4.74 Å². The summed E-state index contributed by atoms with van der Waals surface area (Å²) >= 11 is 6.87. The number of hydrogen-bond donors (Lipinski definition) is 1. The molecule has 0 aliphatic carbocycles. The Bertz CT molecular complexity index is 863. The summed E-state index contributed by atoms with van der Waals surface area (Å²) in [6.07, 6.45) is 5.25. The van der Waals surface area contributed by atoms with Crippen molar-refractivity contribution in [3.63, 3.8) is 0 Å². The molecule has 0 aliphatic rings. The highest BCUT2D eigenvalue weighted by atomic mass is 32.1. The molecular weight excluding hydrogens is 352 g/mol. The highest BCUT2D eigenvalue weighted by molar-refractivity contribution is 7.71. The fourth-order valence-electron chi connectivity index (χ4n) is 2.28.